The highest BCUT2D eigenvalue weighted by molar-refractivity contribution is 7.12. The van der Waals surface area contributed by atoms with Crippen molar-refractivity contribution < 1.29 is 23.9 Å². The molecule has 20 heavy (non-hydrogen) atoms. The van der Waals surface area contributed by atoms with Gasteiger partial charge in [0.25, 0.3) is 0 Å². The van der Waals surface area contributed by atoms with Crippen LogP contribution < -0.4 is 0 Å². The molecule has 0 aliphatic carbocycles. The molecule has 0 saturated carbocycles. The molecule has 0 aliphatic heterocycles. The third-order valence-electron chi connectivity index (χ3n) is 2.98. The normalized spacial score (nSPS) is 10.3. The van der Waals surface area contributed by atoms with Crippen LogP contribution in [0, 0.1) is 5.92 Å². The fraction of sp³-hybridized carbons (Fsp3) is 0.500. The predicted octanol–water partition coefficient (Wildman–Crippen LogP) is 2.45. The first-order chi connectivity index (χ1) is 9.58. The van der Waals surface area contributed by atoms with Crippen molar-refractivity contribution in [2.24, 2.45) is 5.92 Å². The molecular weight excluding hydrogens is 280 g/mol. The number of thiophene rings is 1. The number of Topliss-reactive ketones (excluding diaryl/α,β-unsaturated/α-hetero) is 1. The average molecular weight is 298 g/mol. The van der Waals surface area contributed by atoms with E-state index >= 15 is 0 Å². The highest BCUT2D eigenvalue weighted by Crippen LogP contribution is 2.22. The summed E-state index contributed by atoms with van der Waals surface area (Å²) in [5, 5.41) is 1.82. The number of carbonyl (C=O) groups is 3. The van der Waals surface area contributed by atoms with Gasteiger partial charge in [-0.2, -0.15) is 0 Å². The zero-order valence-electron chi connectivity index (χ0n) is 11.6. The Morgan fingerprint density at radius 2 is 1.65 bits per heavy atom. The van der Waals surface area contributed by atoms with Crippen LogP contribution in [0.3, 0.4) is 0 Å². The van der Waals surface area contributed by atoms with Gasteiger partial charge in [-0.1, -0.05) is 6.07 Å². The van der Waals surface area contributed by atoms with Crippen LogP contribution in [0.25, 0.3) is 0 Å². The molecule has 0 radical (unpaired) electrons. The topological polar surface area (TPSA) is 69.7 Å². The van der Waals surface area contributed by atoms with Crippen molar-refractivity contribution in [2.45, 2.75) is 25.7 Å². The van der Waals surface area contributed by atoms with Gasteiger partial charge in [0.05, 0.1) is 19.1 Å². The van der Waals surface area contributed by atoms with Gasteiger partial charge in [-0.15, -0.1) is 11.3 Å². The van der Waals surface area contributed by atoms with Crippen LogP contribution in [0.1, 0.15) is 35.4 Å². The number of rotatable bonds is 8. The van der Waals surface area contributed by atoms with E-state index in [4.69, 9.17) is 0 Å². The summed E-state index contributed by atoms with van der Waals surface area (Å²) in [7, 11) is 2.62. The Labute approximate surface area is 121 Å². The van der Waals surface area contributed by atoms with Crippen LogP contribution in [-0.2, 0) is 19.1 Å². The lowest BCUT2D eigenvalue weighted by atomic mass is 9.92. The molecular formula is C14H18O5S. The first-order valence-electron chi connectivity index (χ1n) is 6.29. The third-order valence-corrected chi connectivity index (χ3v) is 3.87. The van der Waals surface area contributed by atoms with Crippen LogP contribution in [0.4, 0.5) is 0 Å². The summed E-state index contributed by atoms with van der Waals surface area (Å²) in [6.07, 6.45) is 1.08. The first kappa shape index (κ1) is 16.4. The zero-order valence-corrected chi connectivity index (χ0v) is 12.4. The Hall–Kier alpha value is -1.69. The molecule has 0 spiro atoms. The van der Waals surface area contributed by atoms with Gasteiger partial charge in [-0.25, -0.2) is 0 Å². The Kier molecular flexibility index (Phi) is 6.93. The van der Waals surface area contributed by atoms with E-state index in [0.717, 1.165) is 0 Å². The summed E-state index contributed by atoms with van der Waals surface area (Å²) in [4.78, 5) is 35.4. The number of hydrogen-bond donors (Lipinski definition) is 0. The Morgan fingerprint density at radius 3 is 2.05 bits per heavy atom. The number of esters is 2. The Morgan fingerprint density at radius 1 is 1.10 bits per heavy atom. The zero-order chi connectivity index (χ0) is 15.0. The van der Waals surface area contributed by atoms with Crippen LogP contribution in [-0.4, -0.2) is 31.9 Å². The molecule has 5 nitrogen and oxygen atoms in total. The monoisotopic (exact) mass is 298 g/mol. The molecule has 0 atom stereocenters. The van der Waals surface area contributed by atoms with E-state index in [1.807, 2.05) is 5.38 Å². The lowest BCUT2D eigenvalue weighted by Crippen LogP contribution is -2.17. The number of ketones is 1. The number of methoxy groups -OCH3 is 2. The smallest absolute Gasteiger partial charge is 0.305 e. The van der Waals surface area contributed by atoms with Crippen molar-refractivity contribution in [1.29, 1.82) is 0 Å². The molecule has 1 aromatic rings. The van der Waals surface area contributed by atoms with E-state index in [0.29, 0.717) is 17.7 Å². The van der Waals surface area contributed by atoms with E-state index in [1.165, 1.54) is 25.6 Å². The lowest BCUT2D eigenvalue weighted by Gasteiger charge is -2.13. The van der Waals surface area contributed by atoms with E-state index in [9.17, 15) is 14.4 Å². The van der Waals surface area contributed by atoms with Crippen LogP contribution in [0.2, 0.25) is 0 Å². The van der Waals surface area contributed by atoms with Crippen molar-refractivity contribution in [3.05, 3.63) is 22.4 Å². The van der Waals surface area contributed by atoms with Gasteiger partial charge in [-0.05, 0) is 24.3 Å². The van der Waals surface area contributed by atoms with Gasteiger partial charge in [0.15, 0.2) is 5.78 Å². The van der Waals surface area contributed by atoms with Gasteiger partial charge in [-0.3, -0.25) is 14.4 Å². The number of ether oxygens (including phenoxy) is 2. The molecule has 1 aromatic heterocycles. The van der Waals surface area contributed by atoms with Crippen LogP contribution in [0.15, 0.2) is 17.5 Å². The third kappa shape index (κ3) is 5.13. The van der Waals surface area contributed by atoms with Gasteiger partial charge in [0, 0.05) is 18.8 Å². The summed E-state index contributed by atoms with van der Waals surface area (Å²) in [6.45, 7) is 0. The maximum Gasteiger partial charge on any atom is 0.305 e. The van der Waals surface area contributed by atoms with Crippen molar-refractivity contribution in [1.82, 2.24) is 0 Å². The molecule has 0 unspecified atom stereocenters. The van der Waals surface area contributed by atoms with Crippen LogP contribution >= 0.6 is 11.3 Å². The second kappa shape index (κ2) is 8.47. The van der Waals surface area contributed by atoms with Gasteiger partial charge in [0.2, 0.25) is 0 Å². The molecule has 6 heteroatoms. The quantitative estimate of drug-likeness (QED) is 0.544. The summed E-state index contributed by atoms with van der Waals surface area (Å²) in [5.74, 6) is -1.11. The molecule has 0 amide bonds. The van der Waals surface area contributed by atoms with Crippen LogP contribution in [0.5, 0.6) is 0 Å². The SMILES string of the molecule is COC(=O)CCC(CCC(=O)OC)C(=O)c1cccs1. The summed E-state index contributed by atoms with van der Waals surface area (Å²) < 4.78 is 9.16. The van der Waals surface area contributed by atoms with E-state index in [2.05, 4.69) is 9.47 Å². The molecule has 0 N–H and O–H groups in total. The lowest BCUT2D eigenvalue weighted by molar-refractivity contribution is -0.141. The van der Waals surface area contributed by atoms with E-state index in [1.54, 1.807) is 12.1 Å². The van der Waals surface area contributed by atoms with Crippen molar-refractivity contribution in [3.8, 4) is 0 Å². The minimum Gasteiger partial charge on any atom is -0.469 e. The van der Waals surface area contributed by atoms with E-state index in [-0.39, 0.29) is 36.5 Å². The summed E-state index contributed by atoms with van der Waals surface area (Å²) in [5.41, 5.74) is 0. The van der Waals surface area contributed by atoms with Gasteiger partial charge in [0.1, 0.15) is 0 Å². The standard InChI is InChI=1S/C14H18O5S/c1-18-12(15)7-5-10(6-8-13(16)19-2)14(17)11-4-3-9-20-11/h3-4,9-10H,5-8H2,1-2H3. The average Bonchev–Trinajstić information content (AvgIpc) is 3.00. The first-order valence-corrected chi connectivity index (χ1v) is 7.17. The van der Waals surface area contributed by atoms with Crippen molar-refractivity contribution >= 4 is 29.1 Å². The molecule has 1 heterocycles. The minimum absolute atomic E-state index is 0.0344. The van der Waals surface area contributed by atoms with Gasteiger partial charge >= 0.3 is 11.9 Å². The highest BCUT2D eigenvalue weighted by Gasteiger charge is 2.23. The Bertz CT molecular complexity index is 432. The maximum atomic E-state index is 12.3. The number of carbonyl (C=O) groups excluding carboxylic acids is 3. The molecule has 1 rings (SSSR count). The molecule has 0 aliphatic rings. The van der Waals surface area contributed by atoms with Crippen molar-refractivity contribution in [2.75, 3.05) is 14.2 Å². The molecule has 0 bridgehead atoms. The summed E-state index contributed by atoms with van der Waals surface area (Å²) in [6, 6.07) is 3.55. The van der Waals surface area contributed by atoms with Gasteiger partial charge < -0.3 is 9.47 Å². The maximum absolute atomic E-state index is 12.3. The predicted molar refractivity (Wildman–Crippen MR) is 74.6 cm³/mol. The second-order valence-corrected chi connectivity index (χ2v) is 5.22. The second-order valence-electron chi connectivity index (χ2n) is 4.27. The fourth-order valence-electron chi connectivity index (χ4n) is 1.81. The largest absolute Gasteiger partial charge is 0.469 e. The summed E-state index contributed by atoms with van der Waals surface area (Å²) >= 11 is 1.36. The van der Waals surface area contributed by atoms with Crippen molar-refractivity contribution in [3.63, 3.8) is 0 Å². The molecule has 0 saturated heterocycles. The number of hydrogen-bond acceptors (Lipinski definition) is 6. The molecule has 0 aromatic carbocycles. The fourth-order valence-corrected chi connectivity index (χ4v) is 2.56. The highest BCUT2D eigenvalue weighted by atomic mass is 32.1. The molecule has 0 fully saturated rings. The minimum atomic E-state index is -0.369. The molecule has 110 valence electrons. The van der Waals surface area contributed by atoms with E-state index < -0.39 is 0 Å². The Balaban J connectivity index is 2.65.